The van der Waals surface area contributed by atoms with Crippen molar-refractivity contribution in [3.8, 4) is 0 Å². The summed E-state index contributed by atoms with van der Waals surface area (Å²) in [7, 11) is 0. The van der Waals surface area contributed by atoms with E-state index in [1.165, 1.54) is 116 Å². The fourth-order valence-corrected chi connectivity index (χ4v) is 7.89. The van der Waals surface area contributed by atoms with Crippen molar-refractivity contribution in [2.24, 2.45) is 0 Å². The van der Waals surface area contributed by atoms with Crippen LogP contribution in [-0.4, -0.2) is 37.2 Å². The minimum absolute atomic E-state index is 0.0886. The molecule has 1 atom stereocenters. The first kappa shape index (κ1) is 63.8. The molecule has 6 heteroatoms. The van der Waals surface area contributed by atoms with E-state index >= 15 is 0 Å². The molecular formula is C61H106O6. The zero-order chi connectivity index (χ0) is 48.6. The van der Waals surface area contributed by atoms with E-state index in [9.17, 15) is 14.4 Å². The van der Waals surface area contributed by atoms with Crippen LogP contribution in [0.15, 0.2) is 72.9 Å². The van der Waals surface area contributed by atoms with Crippen LogP contribution in [0.5, 0.6) is 0 Å². The average Bonchev–Trinajstić information content (AvgIpc) is 3.33. The number of carbonyl (C=O) groups excluding carboxylic acids is 3. The lowest BCUT2D eigenvalue weighted by Gasteiger charge is -2.18. The van der Waals surface area contributed by atoms with E-state index in [1.807, 2.05) is 0 Å². The van der Waals surface area contributed by atoms with Gasteiger partial charge >= 0.3 is 17.9 Å². The first-order valence-corrected chi connectivity index (χ1v) is 28.4. The van der Waals surface area contributed by atoms with Gasteiger partial charge in [0.2, 0.25) is 0 Å². The van der Waals surface area contributed by atoms with Gasteiger partial charge in [0.1, 0.15) is 13.2 Å². The van der Waals surface area contributed by atoms with Crippen molar-refractivity contribution in [3.05, 3.63) is 72.9 Å². The molecule has 0 bridgehead atoms. The van der Waals surface area contributed by atoms with Gasteiger partial charge in [0, 0.05) is 19.3 Å². The lowest BCUT2D eigenvalue weighted by molar-refractivity contribution is -0.167. The SMILES string of the molecule is CC/C=C\C/C=C\C/C=C\CCCCCCCC(=O)OCC(COC(=O)CCCCCCCCC/C=C\CCCCCCCCC)OC(=O)CCCCCCC/C=C\C/C=C\CCCCCC. The third-order valence-electron chi connectivity index (χ3n) is 12.2. The fraction of sp³-hybridized carbons (Fsp3) is 0.754. The van der Waals surface area contributed by atoms with Crippen LogP contribution >= 0.6 is 0 Å². The van der Waals surface area contributed by atoms with Crippen molar-refractivity contribution in [1.82, 2.24) is 0 Å². The lowest BCUT2D eigenvalue weighted by atomic mass is 10.1. The fourth-order valence-electron chi connectivity index (χ4n) is 7.89. The number of allylic oxidation sites excluding steroid dienone is 12. The molecule has 0 fully saturated rings. The maximum atomic E-state index is 12.8. The van der Waals surface area contributed by atoms with E-state index < -0.39 is 6.10 Å². The maximum absolute atomic E-state index is 12.8. The molecule has 0 rings (SSSR count). The summed E-state index contributed by atoms with van der Waals surface area (Å²) in [5, 5.41) is 0. The van der Waals surface area contributed by atoms with Crippen LogP contribution in [0.2, 0.25) is 0 Å². The van der Waals surface area contributed by atoms with E-state index in [2.05, 4.69) is 93.7 Å². The Morgan fingerprint density at radius 2 is 0.582 bits per heavy atom. The van der Waals surface area contributed by atoms with Gasteiger partial charge in [-0.3, -0.25) is 14.4 Å². The molecule has 0 aliphatic heterocycles. The molecule has 6 nitrogen and oxygen atoms in total. The van der Waals surface area contributed by atoms with Crippen LogP contribution in [0.1, 0.15) is 278 Å². The topological polar surface area (TPSA) is 78.9 Å². The molecule has 0 aromatic heterocycles. The minimum Gasteiger partial charge on any atom is -0.462 e. The monoisotopic (exact) mass is 935 g/mol. The highest BCUT2D eigenvalue weighted by molar-refractivity contribution is 5.71. The van der Waals surface area contributed by atoms with E-state index in [4.69, 9.17) is 14.2 Å². The summed E-state index contributed by atoms with van der Waals surface area (Å²) in [5.41, 5.74) is 0. The first-order chi connectivity index (χ1) is 33.0. The van der Waals surface area contributed by atoms with Gasteiger partial charge in [-0.1, -0.05) is 222 Å². The molecule has 0 N–H and O–H groups in total. The average molecular weight is 936 g/mol. The maximum Gasteiger partial charge on any atom is 0.306 e. The number of esters is 3. The van der Waals surface area contributed by atoms with Gasteiger partial charge in [0.05, 0.1) is 0 Å². The molecule has 386 valence electrons. The molecule has 0 radical (unpaired) electrons. The Labute approximate surface area is 414 Å². The van der Waals surface area contributed by atoms with Gasteiger partial charge in [-0.15, -0.1) is 0 Å². The highest BCUT2D eigenvalue weighted by Crippen LogP contribution is 2.15. The molecule has 0 spiro atoms. The Morgan fingerprint density at radius 3 is 0.940 bits per heavy atom. The Morgan fingerprint density at radius 1 is 0.313 bits per heavy atom. The second-order valence-electron chi connectivity index (χ2n) is 18.8. The summed E-state index contributed by atoms with van der Waals surface area (Å²) < 4.78 is 16.8. The molecule has 67 heavy (non-hydrogen) atoms. The molecule has 0 aliphatic rings. The third-order valence-corrected chi connectivity index (χ3v) is 12.2. The summed E-state index contributed by atoms with van der Waals surface area (Å²) in [6.07, 6.45) is 70.3. The predicted molar refractivity (Wildman–Crippen MR) is 288 cm³/mol. The number of hydrogen-bond acceptors (Lipinski definition) is 6. The second kappa shape index (κ2) is 55.4. The second-order valence-corrected chi connectivity index (χ2v) is 18.8. The molecule has 0 amide bonds. The van der Waals surface area contributed by atoms with Crippen LogP contribution in [0, 0.1) is 0 Å². The normalized spacial score (nSPS) is 12.6. The Bertz CT molecular complexity index is 1260. The molecular weight excluding hydrogens is 829 g/mol. The largest absolute Gasteiger partial charge is 0.462 e. The quantitative estimate of drug-likeness (QED) is 0.0262. The van der Waals surface area contributed by atoms with E-state index in [0.29, 0.717) is 19.3 Å². The summed E-state index contributed by atoms with van der Waals surface area (Å²) in [4.78, 5) is 38.1. The number of hydrogen-bond donors (Lipinski definition) is 0. The van der Waals surface area contributed by atoms with E-state index in [1.54, 1.807) is 0 Å². The highest BCUT2D eigenvalue weighted by Gasteiger charge is 2.19. The van der Waals surface area contributed by atoms with Gasteiger partial charge in [-0.25, -0.2) is 0 Å². The number of carbonyl (C=O) groups is 3. The summed E-state index contributed by atoms with van der Waals surface area (Å²) in [6.45, 7) is 6.50. The number of rotatable bonds is 51. The predicted octanol–water partition coefficient (Wildman–Crippen LogP) is 19.0. The van der Waals surface area contributed by atoms with Crippen LogP contribution in [-0.2, 0) is 28.6 Å². The molecule has 0 saturated carbocycles. The van der Waals surface area contributed by atoms with Crippen molar-refractivity contribution in [3.63, 3.8) is 0 Å². The van der Waals surface area contributed by atoms with Crippen molar-refractivity contribution < 1.29 is 28.6 Å². The van der Waals surface area contributed by atoms with Crippen LogP contribution in [0.4, 0.5) is 0 Å². The van der Waals surface area contributed by atoms with Crippen molar-refractivity contribution in [2.45, 2.75) is 284 Å². The van der Waals surface area contributed by atoms with Crippen molar-refractivity contribution >= 4 is 17.9 Å². The zero-order valence-corrected chi connectivity index (χ0v) is 44.2. The Hall–Kier alpha value is -3.15. The first-order valence-electron chi connectivity index (χ1n) is 28.4. The van der Waals surface area contributed by atoms with Crippen LogP contribution < -0.4 is 0 Å². The number of unbranched alkanes of at least 4 members (excludes halogenated alkanes) is 28. The van der Waals surface area contributed by atoms with E-state index in [0.717, 1.165) is 122 Å². The van der Waals surface area contributed by atoms with Gasteiger partial charge in [-0.05, 0) is 109 Å². The lowest BCUT2D eigenvalue weighted by Crippen LogP contribution is -2.30. The van der Waals surface area contributed by atoms with Gasteiger partial charge < -0.3 is 14.2 Å². The summed E-state index contributed by atoms with van der Waals surface area (Å²) >= 11 is 0. The molecule has 0 aromatic rings. The standard InChI is InChI=1S/C61H106O6/c1-4-7-10-13-16-19-22-25-28-30-31-34-36-39-42-45-48-51-54-60(63)66-57-58(56-65-59(62)53-50-47-44-41-38-35-32-27-24-21-18-15-12-9-6-3)67-61(64)55-52-49-46-43-40-37-33-29-26-23-20-17-14-11-8-5-2/h9,12,18,20-21,23,27-30,32-33,58H,4-8,10-11,13-17,19,22,24-26,31,34-57H2,1-3H3/b12-9-,21-18-,23-20-,30-28-,32-27-,33-29-. The Balaban J connectivity index is 4.42. The summed E-state index contributed by atoms with van der Waals surface area (Å²) in [6, 6.07) is 0. The van der Waals surface area contributed by atoms with Crippen molar-refractivity contribution in [2.75, 3.05) is 13.2 Å². The highest BCUT2D eigenvalue weighted by atomic mass is 16.6. The van der Waals surface area contributed by atoms with Crippen LogP contribution in [0.25, 0.3) is 0 Å². The molecule has 0 heterocycles. The minimum atomic E-state index is -0.792. The molecule has 1 unspecified atom stereocenters. The number of ether oxygens (including phenoxy) is 3. The molecule has 0 aromatic carbocycles. The van der Waals surface area contributed by atoms with Gasteiger partial charge in [-0.2, -0.15) is 0 Å². The molecule has 0 saturated heterocycles. The van der Waals surface area contributed by atoms with E-state index in [-0.39, 0.29) is 31.1 Å². The zero-order valence-electron chi connectivity index (χ0n) is 44.2. The van der Waals surface area contributed by atoms with Gasteiger partial charge in [0.25, 0.3) is 0 Å². The van der Waals surface area contributed by atoms with Gasteiger partial charge in [0.15, 0.2) is 6.10 Å². The Kier molecular flexibility index (Phi) is 52.8. The smallest absolute Gasteiger partial charge is 0.306 e. The summed E-state index contributed by atoms with van der Waals surface area (Å²) in [5.74, 6) is -0.917. The third kappa shape index (κ3) is 53.7. The molecule has 0 aliphatic carbocycles. The van der Waals surface area contributed by atoms with Crippen LogP contribution in [0.3, 0.4) is 0 Å². The van der Waals surface area contributed by atoms with Crippen molar-refractivity contribution in [1.29, 1.82) is 0 Å².